The van der Waals surface area contributed by atoms with Crippen molar-refractivity contribution < 1.29 is 9.90 Å². The summed E-state index contributed by atoms with van der Waals surface area (Å²) in [6.45, 7) is 0. The van der Waals surface area contributed by atoms with E-state index < -0.39 is 0 Å². The lowest BCUT2D eigenvalue weighted by atomic mass is 9.76. The van der Waals surface area contributed by atoms with Crippen molar-refractivity contribution >= 4 is 17.7 Å². The number of aliphatic hydroxyl groups is 1. The molecule has 1 saturated carbocycles. The fraction of sp³-hybridized carbons (Fsp3) is 0.538. The molecule has 1 amide bonds. The van der Waals surface area contributed by atoms with Gasteiger partial charge in [0.15, 0.2) is 0 Å². The molecule has 2 N–H and O–H groups in total. The van der Waals surface area contributed by atoms with E-state index in [-0.39, 0.29) is 18.1 Å². The zero-order valence-electron chi connectivity index (χ0n) is 10.4. The Morgan fingerprint density at radius 2 is 2.39 bits per heavy atom. The molecular formula is C13H18N2O2S. The summed E-state index contributed by atoms with van der Waals surface area (Å²) in [5.41, 5.74) is 0.879. The second-order valence-corrected chi connectivity index (χ2v) is 5.48. The SMILES string of the molecule is CSCC(=O)N[C@@H](c1ccccn1)C1CC(O)C1. The summed E-state index contributed by atoms with van der Waals surface area (Å²) >= 11 is 1.50. The van der Waals surface area contributed by atoms with Crippen LogP contribution in [0.1, 0.15) is 24.6 Å². The Hall–Kier alpha value is -1.07. The third-order valence-electron chi connectivity index (χ3n) is 3.22. The largest absolute Gasteiger partial charge is 0.393 e. The van der Waals surface area contributed by atoms with Gasteiger partial charge in [0.1, 0.15) is 0 Å². The maximum absolute atomic E-state index is 11.7. The van der Waals surface area contributed by atoms with Gasteiger partial charge in [0.05, 0.1) is 23.6 Å². The molecule has 5 heteroatoms. The van der Waals surface area contributed by atoms with Gasteiger partial charge in [-0.15, -0.1) is 0 Å². The summed E-state index contributed by atoms with van der Waals surface area (Å²) in [7, 11) is 0. The average Bonchev–Trinajstić information content (AvgIpc) is 2.34. The van der Waals surface area contributed by atoms with Gasteiger partial charge in [-0.2, -0.15) is 11.8 Å². The molecule has 98 valence electrons. The van der Waals surface area contributed by atoms with E-state index in [9.17, 15) is 9.90 Å². The van der Waals surface area contributed by atoms with Gasteiger partial charge in [0.25, 0.3) is 0 Å². The van der Waals surface area contributed by atoms with Gasteiger partial charge in [-0.25, -0.2) is 0 Å². The van der Waals surface area contributed by atoms with Gasteiger partial charge < -0.3 is 10.4 Å². The second-order valence-electron chi connectivity index (χ2n) is 4.62. The number of aliphatic hydroxyl groups excluding tert-OH is 1. The number of amides is 1. The van der Waals surface area contributed by atoms with Crippen molar-refractivity contribution in [3.63, 3.8) is 0 Å². The highest BCUT2D eigenvalue weighted by Crippen LogP contribution is 2.37. The number of pyridine rings is 1. The van der Waals surface area contributed by atoms with Gasteiger partial charge in [-0.3, -0.25) is 9.78 Å². The highest BCUT2D eigenvalue weighted by molar-refractivity contribution is 7.99. The summed E-state index contributed by atoms with van der Waals surface area (Å²) in [6, 6.07) is 5.63. The Balaban J connectivity index is 2.06. The molecule has 0 bridgehead atoms. The normalized spacial score (nSPS) is 24.1. The molecule has 4 nitrogen and oxygen atoms in total. The standard InChI is InChI=1S/C13H18N2O2S/c1-18-8-12(17)15-13(9-6-10(16)7-9)11-4-2-3-5-14-11/h2-5,9-10,13,16H,6-8H2,1H3,(H,15,17)/t9?,10?,13-/m1/s1. The number of carbonyl (C=O) groups excluding carboxylic acids is 1. The smallest absolute Gasteiger partial charge is 0.230 e. The Kier molecular flexibility index (Phi) is 4.60. The molecule has 0 unspecified atom stereocenters. The van der Waals surface area contributed by atoms with Crippen LogP contribution in [0.2, 0.25) is 0 Å². The molecule has 1 aromatic rings. The third kappa shape index (κ3) is 3.23. The Bertz CT molecular complexity index is 393. The van der Waals surface area contributed by atoms with Crippen molar-refractivity contribution in [1.29, 1.82) is 0 Å². The second kappa shape index (κ2) is 6.20. The van der Waals surface area contributed by atoms with E-state index in [2.05, 4.69) is 10.3 Å². The molecule has 0 aromatic carbocycles. The van der Waals surface area contributed by atoms with Gasteiger partial charge in [-0.05, 0) is 37.1 Å². The van der Waals surface area contributed by atoms with Gasteiger partial charge in [0.2, 0.25) is 5.91 Å². The van der Waals surface area contributed by atoms with E-state index in [1.54, 1.807) is 6.20 Å². The molecule has 0 aliphatic heterocycles. The molecule has 18 heavy (non-hydrogen) atoms. The topological polar surface area (TPSA) is 62.2 Å². The minimum Gasteiger partial charge on any atom is -0.393 e. The van der Waals surface area contributed by atoms with E-state index in [4.69, 9.17) is 0 Å². The lowest BCUT2D eigenvalue weighted by Crippen LogP contribution is -2.42. The van der Waals surface area contributed by atoms with Gasteiger partial charge in [0, 0.05) is 6.20 Å². The van der Waals surface area contributed by atoms with Crippen molar-refractivity contribution in [2.45, 2.75) is 25.0 Å². The number of nitrogens with zero attached hydrogens (tertiary/aromatic N) is 1. The summed E-state index contributed by atoms with van der Waals surface area (Å²) in [5, 5.41) is 12.4. The van der Waals surface area contributed by atoms with Crippen LogP contribution in [0.15, 0.2) is 24.4 Å². The van der Waals surface area contributed by atoms with Crippen molar-refractivity contribution in [3.8, 4) is 0 Å². The first kappa shape index (κ1) is 13.4. The van der Waals surface area contributed by atoms with Gasteiger partial charge in [-0.1, -0.05) is 6.07 Å². The highest BCUT2D eigenvalue weighted by Gasteiger charge is 2.36. The quantitative estimate of drug-likeness (QED) is 0.845. The lowest BCUT2D eigenvalue weighted by molar-refractivity contribution is -0.120. The number of hydrogen-bond donors (Lipinski definition) is 2. The van der Waals surface area contributed by atoms with Crippen LogP contribution < -0.4 is 5.32 Å². The van der Waals surface area contributed by atoms with Crippen LogP contribution in [0.25, 0.3) is 0 Å². The number of hydrogen-bond acceptors (Lipinski definition) is 4. The molecule has 1 atom stereocenters. The van der Waals surface area contributed by atoms with E-state index in [0.29, 0.717) is 11.7 Å². The minimum absolute atomic E-state index is 0.0274. The van der Waals surface area contributed by atoms with Crippen molar-refractivity contribution in [1.82, 2.24) is 10.3 Å². The first-order chi connectivity index (χ1) is 8.70. The maximum atomic E-state index is 11.7. The Morgan fingerprint density at radius 3 is 2.94 bits per heavy atom. The summed E-state index contributed by atoms with van der Waals surface area (Å²) in [6.07, 6.45) is 4.89. The summed E-state index contributed by atoms with van der Waals surface area (Å²) < 4.78 is 0. The highest BCUT2D eigenvalue weighted by atomic mass is 32.2. The summed E-state index contributed by atoms with van der Waals surface area (Å²) in [5.74, 6) is 0.777. The predicted octanol–water partition coefficient (Wildman–Crippen LogP) is 1.37. The third-order valence-corrected chi connectivity index (χ3v) is 3.77. The van der Waals surface area contributed by atoms with Crippen molar-refractivity contribution in [2.24, 2.45) is 5.92 Å². The van der Waals surface area contributed by atoms with E-state index in [1.165, 1.54) is 11.8 Å². The van der Waals surface area contributed by atoms with Crippen LogP contribution in [-0.4, -0.2) is 34.1 Å². The van der Waals surface area contributed by atoms with Crippen LogP contribution in [0.4, 0.5) is 0 Å². The molecule has 1 heterocycles. The first-order valence-electron chi connectivity index (χ1n) is 6.08. The maximum Gasteiger partial charge on any atom is 0.230 e. The fourth-order valence-corrected chi connectivity index (χ4v) is 2.59. The van der Waals surface area contributed by atoms with Crippen molar-refractivity contribution in [3.05, 3.63) is 30.1 Å². The predicted molar refractivity (Wildman–Crippen MR) is 72.2 cm³/mol. The zero-order chi connectivity index (χ0) is 13.0. The molecule has 1 aromatic heterocycles. The van der Waals surface area contributed by atoms with Crippen molar-refractivity contribution in [2.75, 3.05) is 12.0 Å². The number of aromatic nitrogens is 1. The number of thioether (sulfide) groups is 1. The molecule has 2 rings (SSSR count). The van der Waals surface area contributed by atoms with Crippen LogP contribution >= 0.6 is 11.8 Å². The molecule has 1 aliphatic carbocycles. The van der Waals surface area contributed by atoms with E-state index >= 15 is 0 Å². The molecule has 0 radical (unpaired) electrons. The first-order valence-corrected chi connectivity index (χ1v) is 7.47. The Labute approximate surface area is 111 Å². The van der Waals surface area contributed by atoms with E-state index in [0.717, 1.165) is 18.5 Å². The summed E-state index contributed by atoms with van der Waals surface area (Å²) in [4.78, 5) is 16.0. The average molecular weight is 266 g/mol. The Morgan fingerprint density at radius 1 is 1.61 bits per heavy atom. The van der Waals surface area contributed by atoms with Crippen LogP contribution in [-0.2, 0) is 4.79 Å². The van der Waals surface area contributed by atoms with Crippen LogP contribution in [0.5, 0.6) is 0 Å². The molecule has 0 spiro atoms. The minimum atomic E-state index is -0.223. The molecular weight excluding hydrogens is 248 g/mol. The molecule has 0 saturated heterocycles. The monoisotopic (exact) mass is 266 g/mol. The van der Waals surface area contributed by atoms with Gasteiger partial charge >= 0.3 is 0 Å². The molecule has 1 aliphatic rings. The number of carbonyl (C=O) groups is 1. The number of rotatable bonds is 5. The van der Waals surface area contributed by atoms with Crippen LogP contribution in [0.3, 0.4) is 0 Å². The zero-order valence-corrected chi connectivity index (χ0v) is 11.2. The number of nitrogens with one attached hydrogen (secondary N) is 1. The van der Waals surface area contributed by atoms with Crippen LogP contribution in [0, 0.1) is 5.92 Å². The molecule has 1 fully saturated rings. The lowest BCUT2D eigenvalue weighted by Gasteiger charge is -2.37. The van der Waals surface area contributed by atoms with E-state index in [1.807, 2.05) is 24.5 Å². The fourth-order valence-electron chi connectivity index (χ4n) is 2.24.